The first-order valence-electron chi connectivity index (χ1n) is 7.24. The maximum atomic E-state index is 11.3. The number of esters is 1. The van der Waals surface area contributed by atoms with E-state index in [4.69, 9.17) is 4.74 Å². The lowest BCUT2D eigenvalue weighted by Crippen LogP contribution is -2.34. The predicted octanol–water partition coefficient (Wildman–Crippen LogP) is 2.49. The number of anilines is 1. The summed E-state index contributed by atoms with van der Waals surface area (Å²) in [5.41, 5.74) is 5.77. The third kappa shape index (κ3) is 2.46. The van der Waals surface area contributed by atoms with Gasteiger partial charge in [-0.05, 0) is 48.8 Å². The predicted molar refractivity (Wildman–Crippen MR) is 75.6 cm³/mol. The zero-order valence-corrected chi connectivity index (χ0v) is 11.6. The van der Waals surface area contributed by atoms with Crippen LogP contribution in [0, 0.1) is 0 Å². The molecule has 3 nitrogen and oxygen atoms in total. The van der Waals surface area contributed by atoms with Crippen LogP contribution >= 0.6 is 0 Å². The summed E-state index contributed by atoms with van der Waals surface area (Å²) in [5.74, 6) is -0.118. The lowest BCUT2D eigenvalue weighted by molar-refractivity contribution is -0.140. The summed E-state index contributed by atoms with van der Waals surface area (Å²) in [6.45, 7) is 2.42. The van der Waals surface area contributed by atoms with Crippen LogP contribution in [0.25, 0.3) is 0 Å². The number of carbonyl (C=O) groups is 1. The highest BCUT2D eigenvalue weighted by atomic mass is 16.5. The molecule has 1 aromatic carbocycles. The highest BCUT2D eigenvalue weighted by Crippen LogP contribution is 2.36. The third-order valence-electron chi connectivity index (χ3n) is 4.24. The Bertz CT molecular complexity index is 465. The Morgan fingerprint density at radius 3 is 2.42 bits per heavy atom. The first kappa shape index (κ1) is 12.5. The van der Waals surface area contributed by atoms with Crippen LogP contribution in [0.4, 0.5) is 5.69 Å². The summed E-state index contributed by atoms with van der Waals surface area (Å²) >= 11 is 0. The number of carbonyl (C=O) groups excluding carboxylic acids is 1. The van der Waals surface area contributed by atoms with E-state index in [1.54, 1.807) is 0 Å². The van der Waals surface area contributed by atoms with Gasteiger partial charge in [0, 0.05) is 25.2 Å². The van der Waals surface area contributed by atoms with Crippen LogP contribution in [-0.4, -0.2) is 26.2 Å². The average Bonchev–Trinajstić information content (AvgIpc) is 2.45. The van der Waals surface area contributed by atoms with Crippen molar-refractivity contribution in [1.29, 1.82) is 0 Å². The van der Waals surface area contributed by atoms with E-state index in [2.05, 4.69) is 17.0 Å². The molecule has 0 unspecified atom stereocenters. The SMILES string of the molecule is COC(=O)CCc1cc2c3c(c1)CCCN3CCC2. The van der Waals surface area contributed by atoms with Crippen LogP contribution in [0.5, 0.6) is 0 Å². The molecule has 19 heavy (non-hydrogen) atoms. The first-order valence-corrected chi connectivity index (χ1v) is 7.24. The molecule has 0 aromatic heterocycles. The van der Waals surface area contributed by atoms with Crippen molar-refractivity contribution in [1.82, 2.24) is 0 Å². The topological polar surface area (TPSA) is 29.5 Å². The van der Waals surface area contributed by atoms with Gasteiger partial charge in [-0.15, -0.1) is 0 Å². The number of hydrogen-bond acceptors (Lipinski definition) is 3. The van der Waals surface area contributed by atoms with E-state index in [9.17, 15) is 4.79 Å². The second-order valence-corrected chi connectivity index (χ2v) is 5.53. The molecule has 0 bridgehead atoms. The van der Waals surface area contributed by atoms with Crippen molar-refractivity contribution >= 4 is 11.7 Å². The fraction of sp³-hybridized carbons (Fsp3) is 0.562. The smallest absolute Gasteiger partial charge is 0.305 e. The third-order valence-corrected chi connectivity index (χ3v) is 4.24. The lowest BCUT2D eigenvalue weighted by Gasteiger charge is -2.37. The number of aryl methyl sites for hydroxylation is 3. The number of rotatable bonds is 3. The summed E-state index contributed by atoms with van der Waals surface area (Å²) in [6.07, 6.45) is 6.17. The van der Waals surface area contributed by atoms with Crippen LogP contribution < -0.4 is 4.90 Å². The van der Waals surface area contributed by atoms with Crippen molar-refractivity contribution in [3.63, 3.8) is 0 Å². The molecule has 0 fully saturated rings. The van der Waals surface area contributed by atoms with Crippen molar-refractivity contribution in [3.8, 4) is 0 Å². The van der Waals surface area contributed by atoms with Gasteiger partial charge in [0.05, 0.1) is 7.11 Å². The van der Waals surface area contributed by atoms with Crippen LogP contribution in [0.15, 0.2) is 12.1 Å². The van der Waals surface area contributed by atoms with Gasteiger partial charge in [-0.2, -0.15) is 0 Å². The van der Waals surface area contributed by atoms with Crippen molar-refractivity contribution in [2.45, 2.75) is 38.5 Å². The van der Waals surface area contributed by atoms with Crippen molar-refractivity contribution in [2.75, 3.05) is 25.1 Å². The highest BCUT2D eigenvalue weighted by Gasteiger charge is 2.24. The van der Waals surface area contributed by atoms with Gasteiger partial charge in [0.25, 0.3) is 0 Å². The van der Waals surface area contributed by atoms with Crippen molar-refractivity contribution < 1.29 is 9.53 Å². The Kier molecular flexibility index (Phi) is 3.45. The molecule has 3 heteroatoms. The zero-order chi connectivity index (χ0) is 13.2. The van der Waals surface area contributed by atoms with E-state index < -0.39 is 0 Å². The Morgan fingerprint density at radius 2 is 1.84 bits per heavy atom. The molecule has 0 spiro atoms. The van der Waals surface area contributed by atoms with E-state index in [1.165, 1.54) is 68.3 Å². The van der Waals surface area contributed by atoms with Crippen molar-refractivity contribution in [3.05, 3.63) is 28.8 Å². The number of hydrogen-bond donors (Lipinski definition) is 0. The van der Waals surface area contributed by atoms with Gasteiger partial charge in [0.15, 0.2) is 0 Å². The fourth-order valence-corrected chi connectivity index (χ4v) is 3.37. The molecule has 3 rings (SSSR count). The molecule has 0 saturated heterocycles. The summed E-state index contributed by atoms with van der Waals surface area (Å²) in [5, 5.41) is 0. The van der Waals surface area contributed by atoms with Gasteiger partial charge in [-0.25, -0.2) is 0 Å². The summed E-state index contributed by atoms with van der Waals surface area (Å²) in [7, 11) is 1.46. The average molecular weight is 259 g/mol. The molecule has 102 valence electrons. The molecule has 0 aliphatic carbocycles. The maximum Gasteiger partial charge on any atom is 0.305 e. The standard InChI is InChI=1S/C16H21NO2/c1-19-15(18)7-6-12-10-13-4-2-8-17-9-3-5-14(11-12)16(13)17/h10-11H,2-9H2,1H3. The van der Waals surface area contributed by atoms with Gasteiger partial charge in [-0.1, -0.05) is 12.1 Å². The molecular weight excluding hydrogens is 238 g/mol. The maximum absolute atomic E-state index is 11.3. The molecule has 0 atom stereocenters. The monoisotopic (exact) mass is 259 g/mol. The van der Waals surface area contributed by atoms with Gasteiger partial charge < -0.3 is 9.64 Å². The minimum Gasteiger partial charge on any atom is -0.469 e. The molecule has 2 aliphatic rings. The van der Waals surface area contributed by atoms with Gasteiger partial charge >= 0.3 is 5.97 Å². The largest absolute Gasteiger partial charge is 0.469 e. The Morgan fingerprint density at radius 1 is 1.21 bits per heavy atom. The minimum atomic E-state index is -0.118. The number of nitrogens with zero attached hydrogens (tertiary/aromatic N) is 1. The Hall–Kier alpha value is -1.51. The molecule has 1 aromatic rings. The zero-order valence-electron chi connectivity index (χ0n) is 11.6. The Labute approximate surface area is 114 Å². The molecule has 0 N–H and O–H groups in total. The summed E-state index contributed by atoms with van der Waals surface area (Å²) in [6, 6.07) is 4.61. The molecule has 0 saturated carbocycles. The van der Waals surface area contributed by atoms with Gasteiger partial charge in [0.2, 0.25) is 0 Å². The van der Waals surface area contributed by atoms with Gasteiger partial charge in [0.1, 0.15) is 0 Å². The van der Waals surface area contributed by atoms with E-state index in [0.29, 0.717) is 6.42 Å². The lowest BCUT2D eigenvalue weighted by atomic mass is 9.89. The second kappa shape index (κ2) is 5.24. The molecule has 0 radical (unpaired) electrons. The summed E-state index contributed by atoms with van der Waals surface area (Å²) < 4.78 is 4.72. The van der Waals surface area contributed by atoms with Gasteiger partial charge in [-0.3, -0.25) is 4.79 Å². The fourth-order valence-electron chi connectivity index (χ4n) is 3.37. The van der Waals surface area contributed by atoms with E-state index in [-0.39, 0.29) is 5.97 Å². The molecule has 2 aliphatic heterocycles. The number of benzene rings is 1. The van der Waals surface area contributed by atoms with Crippen LogP contribution in [-0.2, 0) is 28.8 Å². The first-order chi connectivity index (χ1) is 9.28. The van der Waals surface area contributed by atoms with Crippen LogP contribution in [0.1, 0.15) is 36.0 Å². The normalized spacial score (nSPS) is 17.0. The quantitative estimate of drug-likeness (QED) is 0.781. The van der Waals surface area contributed by atoms with Crippen LogP contribution in [0.3, 0.4) is 0 Å². The minimum absolute atomic E-state index is 0.118. The summed E-state index contributed by atoms with van der Waals surface area (Å²) in [4.78, 5) is 13.8. The van der Waals surface area contributed by atoms with Crippen molar-refractivity contribution in [2.24, 2.45) is 0 Å². The van der Waals surface area contributed by atoms with E-state index >= 15 is 0 Å². The van der Waals surface area contributed by atoms with E-state index in [0.717, 1.165) is 6.42 Å². The van der Waals surface area contributed by atoms with E-state index in [1.807, 2.05) is 0 Å². The number of ether oxygens (including phenoxy) is 1. The van der Waals surface area contributed by atoms with Crippen LogP contribution in [0.2, 0.25) is 0 Å². The molecular formula is C16H21NO2. The number of methoxy groups -OCH3 is 1. The molecule has 0 amide bonds. The highest BCUT2D eigenvalue weighted by molar-refractivity contribution is 5.70. The second-order valence-electron chi connectivity index (χ2n) is 5.53. The molecule has 2 heterocycles. The Balaban J connectivity index is 1.86.